The quantitative estimate of drug-likeness (QED) is 0.670. The minimum absolute atomic E-state index is 0.333. The predicted octanol–water partition coefficient (Wildman–Crippen LogP) is 4.76. The molecule has 2 heteroatoms. The highest BCUT2D eigenvalue weighted by Crippen LogP contribution is 2.42. The normalized spacial score (nSPS) is 19.0. The number of benzene rings is 3. The standard InChI is InChI=1S/C23H22N2/c1-2-8-18(9-3-1)16-24-17-20-11-5-7-13-22(20)25-15-14-19-10-4-6-12-21(19)23(24)25/h1-13,23H,14-17H2. The van der Waals surface area contributed by atoms with Gasteiger partial charge in [0.05, 0.1) is 0 Å². The molecule has 2 heterocycles. The van der Waals surface area contributed by atoms with Crippen molar-refractivity contribution in [3.05, 3.63) is 101 Å². The van der Waals surface area contributed by atoms with E-state index in [2.05, 4.69) is 88.7 Å². The SMILES string of the molecule is c1ccc(CN2Cc3ccccc3N3CCc4ccccc4C23)cc1. The van der Waals surface area contributed by atoms with Crippen molar-refractivity contribution in [2.75, 3.05) is 11.4 Å². The molecule has 0 fully saturated rings. The zero-order valence-electron chi connectivity index (χ0n) is 14.3. The molecule has 0 amide bonds. The Balaban J connectivity index is 1.60. The molecule has 25 heavy (non-hydrogen) atoms. The highest BCUT2D eigenvalue weighted by molar-refractivity contribution is 5.59. The van der Waals surface area contributed by atoms with Crippen LogP contribution in [0.3, 0.4) is 0 Å². The fourth-order valence-electron chi connectivity index (χ4n) is 4.38. The van der Waals surface area contributed by atoms with Crippen LogP contribution in [0.15, 0.2) is 78.9 Å². The van der Waals surface area contributed by atoms with E-state index in [4.69, 9.17) is 0 Å². The van der Waals surface area contributed by atoms with Crippen LogP contribution in [-0.2, 0) is 19.5 Å². The molecule has 5 rings (SSSR count). The van der Waals surface area contributed by atoms with E-state index >= 15 is 0 Å². The topological polar surface area (TPSA) is 6.48 Å². The lowest BCUT2D eigenvalue weighted by Gasteiger charge is -2.49. The van der Waals surface area contributed by atoms with Crippen LogP contribution >= 0.6 is 0 Å². The third-order valence-electron chi connectivity index (χ3n) is 5.50. The van der Waals surface area contributed by atoms with Crippen molar-refractivity contribution in [3.63, 3.8) is 0 Å². The molecular weight excluding hydrogens is 304 g/mol. The first kappa shape index (κ1) is 14.7. The van der Waals surface area contributed by atoms with Gasteiger partial charge in [-0.05, 0) is 34.7 Å². The number of nitrogens with zero attached hydrogens (tertiary/aromatic N) is 2. The van der Waals surface area contributed by atoms with E-state index in [0.29, 0.717) is 6.17 Å². The Morgan fingerprint density at radius 3 is 2.36 bits per heavy atom. The average molecular weight is 326 g/mol. The number of para-hydroxylation sites is 1. The maximum Gasteiger partial charge on any atom is 0.109 e. The average Bonchev–Trinajstić information content (AvgIpc) is 2.68. The van der Waals surface area contributed by atoms with Crippen LogP contribution in [0, 0.1) is 0 Å². The van der Waals surface area contributed by atoms with Crippen LogP contribution in [-0.4, -0.2) is 11.4 Å². The largest absolute Gasteiger partial charge is 0.351 e. The Labute approximate surface area is 149 Å². The molecule has 0 radical (unpaired) electrons. The molecule has 3 aromatic rings. The van der Waals surface area contributed by atoms with Crippen molar-refractivity contribution in [1.29, 1.82) is 0 Å². The van der Waals surface area contributed by atoms with Gasteiger partial charge in [0, 0.05) is 25.3 Å². The minimum atomic E-state index is 0.333. The second kappa shape index (κ2) is 6.05. The molecule has 2 nitrogen and oxygen atoms in total. The Kier molecular flexibility index (Phi) is 3.57. The Morgan fingerprint density at radius 1 is 0.760 bits per heavy atom. The van der Waals surface area contributed by atoms with Crippen LogP contribution in [0.2, 0.25) is 0 Å². The van der Waals surface area contributed by atoms with Crippen molar-refractivity contribution < 1.29 is 0 Å². The monoisotopic (exact) mass is 326 g/mol. The minimum Gasteiger partial charge on any atom is -0.351 e. The zero-order chi connectivity index (χ0) is 16.6. The molecule has 0 saturated carbocycles. The van der Waals surface area contributed by atoms with Crippen LogP contribution in [0.25, 0.3) is 0 Å². The molecule has 124 valence electrons. The van der Waals surface area contributed by atoms with Gasteiger partial charge < -0.3 is 4.90 Å². The highest BCUT2D eigenvalue weighted by atomic mass is 15.4. The molecule has 1 atom stereocenters. The number of fused-ring (bicyclic) bond motifs is 5. The van der Waals surface area contributed by atoms with Crippen LogP contribution < -0.4 is 4.90 Å². The fraction of sp³-hybridized carbons (Fsp3) is 0.217. The van der Waals surface area contributed by atoms with Crippen molar-refractivity contribution in [1.82, 2.24) is 4.90 Å². The number of anilines is 1. The lowest BCUT2D eigenvalue weighted by molar-refractivity contribution is 0.155. The summed E-state index contributed by atoms with van der Waals surface area (Å²) < 4.78 is 0. The Bertz CT molecular complexity index is 887. The summed E-state index contributed by atoms with van der Waals surface area (Å²) in [5.74, 6) is 0. The molecule has 1 unspecified atom stereocenters. The predicted molar refractivity (Wildman–Crippen MR) is 102 cm³/mol. The molecule has 0 spiro atoms. The summed E-state index contributed by atoms with van der Waals surface area (Å²) >= 11 is 0. The van der Waals surface area contributed by atoms with E-state index in [9.17, 15) is 0 Å². The van der Waals surface area contributed by atoms with E-state index in [-0.39, 0.29) is 0 Å². The molecule has 2 aliphatic rings. The van der Waals surface area contributed by atoms with E-state index in [1.807, 2.05) is 0 Å². The Morgan fingerprint density at radius 2 is 1.48 bits per heavy atom. The summed E-state index contributed by atoms with van der Waals surface area (Å²) in [6.45, 7) is 3.06. The summed E-state index contributed by atoms with van der Waals surface area (Å²) in [5, 5.41) is 0. The second-order valence-electron chi connectivity index (χ2n) is 7.04. The van der Waals surface area contributed by atoms with Crippen LogP contribution in [0.5, 0.6) is 0 Å². The van der Waals surface area contributed by atoms with Gasteiger partial charge in [-0.2, -0.15) is 0 Å². The second-order valence-corrected chi connectivity index (χ2v) is 7.04. The van der Waals surface area contributed by atoms with Gasteiger partial charge in [-0.25, -0.2) is 0 Å². The molecule has 0 bridgehead atoms. The third-order valence-corrected chi connectivity index (χ3v) is 5.50. The summed E-state index contributed by atoms with van der Waals surface area (Å²) in [4.78, 5) is 5.22. The zero-order valence-corrected chi connectivity index (χ0v) is 14.3. The van der Waals surface area contributed by atoms with Crippen molar-refractivity contribution in [3.8, 4) is 0 Å². The third kappa shape index (κ3) is 2.54. The van der Waals surface area contributed by atoms with Crippen molar-refractivity contribution >= 4 is 5.69 Å². The lowest BCUT2D eigenvalue weighted by atomic mass is 9.92. The number of hydrogen-bond acceptors (Lipinski definition) is 2. The number of rotatable bonds is 2. The van der Waals surface area contributed by atoms with Gasteiger partial charge in [-0.3, -0.25) is 4.90 Å². The summed E-state index contributed by atoms with van der Waals surface area (Å²) in [5.41, 5.74) is 7.20. The number of hydrogen-bond donors (Lipinski definition) is 0. The first-order valence-corrected chi connectivity index (χ1v) is 9.10. The van der Waals surface area contributed by atoms with Crippen LogP contribution in [0.4, 0.5) is 5.69 Å². The van der Waals surface area contributed by atoms with Gasteiger partial charge in [0.15, 0.2) is 0 Å². The van der Waals surface area contributed by atoms with Gasteiger partial charge in [0.25, 0.3) is 0 Å². The van der Waals surface area contributed by atoms with E-state index in [1.165, 1.54) is 27.9 Å². The maximum atomic E-state index is 2.62. The van der Waals surface area contributed by atoms with Crippen molar-refractivity contribution in [2.24, 2.45) is 0 Å². The van der Waals surface area contributed by atoms with Crippen LogP contribution in [0.1, 0.15) is 28.4 Å². The molecule has 0 aliphatic carbocycles. The van der Waals surface area contributed by atoms with Gasteiger partial charge in [-0.15, -0.1) is 0 Å². The van der Waals surface area contributed by atoms with Gasteiger partial charge >= 0.3 is 0 Å². The molecule has 3 aromatic carbocycles. The van der Waals surface area contributed by atoms with Gasteiger partial charge in [0.1, 0.15) is 6.17 Å². The van der Waals surface area contributed by atoms with E-state index in [0.717, 1.165) is 26.1 Å². The molecular formula is C23H22N2. The summed E-state index contributed by atoms with van der Waals surface area (Å²) in [7, 11) is 0. The van der Waals surface area contributed by atoms with E-state index in [1.54, 1.807) is 0 Å². The highest BCUT2D eigenvalue weighted by Gasteiger charge is 2.36. The first-order chi connectivity index (χ1) is 12.4. The summed E-state index contributed by atoms with van der Waals surface area (Å²) in [6, 6.07) is 28.7. The van der Waals surface area contributed by atoms with Crippen molar-refractivity contribution in [2.45, 2.75) is 25.7 Å². The summed E-state index contributed by atoms with van der Waals surface area (Å²) in [6.07, 6.45) is 1.46. The fourth-order valence-corrected chi connectivity index (χ4v) is 4.38. The lowest BCUT2D eigenvalue weighted by Crippen LogP contribution is -2.48. The smallest absolute Gasteiger partial charge is 0.109 e. The molecule has 2 aliphatic heterocycles. The van der Waals surface area contributed by atoms with Gasteiger partial charge in [0.2, 0.25) is 0 Å². The Hall–Kier alpha value is -2.58. The van der Waals surface area contributed by atoms with Gasteiger partial charge in [-0.1, -0.05) is 72.8 Å². The molecule has 0 aromatic heterocycles. The molecule has 0 saturated heterocycles. The maximum absolute atomic E-state index is 2.62. The molecule has 0 N–H and O–H groups in total. The first-order valence-electron chi connectivity index (χ1n) is 9.10. The van der Waals surface area contributed by atoms with E-state index < -0.39 is 0 Å².